The number of pyridine rings is 1. The Bertz CT molecular complexity index is 2300. The SMILES string of the molecule is Nc1ncnc2c1c(-c1ccc(Oc3ccccc3)cc1)nn2[C@H]1CCN(C2CN(CC3(F)CN(c4ccc(C(=O)NC5CCC(=O)NC5=O)nc4)C3)C2)C[C@H]1F. The molecule has 1 unspecified atom stereocenters. The van der Waals surface area contributed by atoms with E-state index in [1.165, 1.54) is 18.6 Å². The van der Waals surface area contributed by atoms with E-state index in [1.807, 2.05) is 59.5 Å². The fraction of sp³-hybridized carbons (Fsp3) is 0.375. The quantitative estimate of drug-likeness (QED) is 0.177. The van der Waals surface area contributed by atoms with Crippen LogP contribution in [0, 0.1) is 0 Å². The van der Waals surface area contributed by atoms with Gasteiger partial charge >= 0.3 is 0 Å². The van der Waals surface area contributed by atoms with Crippen LogP contribution in [0.5, 0.6) is 11.5 Å². The second-order valence-corrected chi connectivity index (χ2v) is 15.3. The molecule has 5 aromatic rings. The molecule has 3 atom stereocenters. The number of carbonyl (C=O) groups is 3. The number of anilines is 2. The van der Waals surface area contributed by atoms with Gasteiger partial charge in [0, 0.05) is 50.7 Å². The summed E-state index contributed by atoms with van der Waals surface area (Å²) in [6.07, 6.45) is 2.59. The molecule has 2 aromatic carbocycles. The molecule has 9 rings (SSSR count). The molecule has 0 radical (unpaired) electrons. The number of nitrogens with two attached hydrogens (primary N) is 1. The third-order valence-electron chi connectivity index (χ3n) is 11.3. The van der Waals surface area contributed by atoms with Gasteiger partial charge in [-0.3, -0.25) is 29.5 Å². The number of piperidine rings is 2. The maximum absolute atomic E-state index is 16.1. The summed E-state index contributed by atoms with van der Waals surface area (Å²) in [5.74, 6) is 0.245. The van der Waals surface area contributed by atoms with Crippen LogP contribution >= 0.6 is 0 Å². The summed E-state index contributed by atoms with van der Waals surface area (Å²) >= 11 is 0. The summed E-state index contributed by atoms with van der Waals surface area (Å²) in [6, 6.07) is 19.0. The van der Waals surface area contributed by atoms with E-state index >= 15 is 8.78 Å². The van der Waals surface area contributed by atoms with E-state index in [1.54, 1.807) is 10.7 Å². The lowest BCUT2D eigenvalue weighted by atomic mass is 9.92. The topological polar surface area (TPSA) is 177 Å². The first-order chi connectivity index (χ1) is 27.6. The van der Waals surface area contributed by atoms with Crippen LogP contribution in [0.15, 0.2) is 79.3 Å². The Balaban J connectivity index is 0.769. The van der Waals surface area contributed by atoms with Gasteiger partial charge in [-0.15, -0.1) is 0 Å². The van der Waals surface area contributed by atoms with E-state index in [0.717, 1.165) is 11.3 Å². The van der Waals surface area contributed by atoms with Gasteiger partial charge in [-0.2, -0.15) is 5.10 Å². The van der Waals surface area contributed by atoms with Crippen LogP contribution in [0.25, 0.3) is 22.3 Å². The highest BCUT2D eigenvalue weighted by Crippen LogP contribution is 2.38. The first-order valence-corrected chi connectivity index (χ1v) is 19.1. The Labute approximate surface area is 326 Å². The number of benzene rings is 2. The summed E-state index contributed by atoms with van der Waals surface area (Å²) in [6.45, 7) is 2.86. The largest absolute Gasteiger partial charge is 0.457 e. The second kappa shape index (κ2) is 14.8. The zero-order valence-electron chi connectivity index (χ0n) is 30.9. The van der Waals surface area contributed by atoms with E-state index in [2.05, 4.69) is 35.4 Å². The predicted molar refractivity (Wildman–Crippen MR) is 206 cm³/mol. The number of imide groups is 1. The van der Waals surface area contributed by atoms with E-state index < -0.39 is 35.7 Å². The fourth-order valence-corrected chi connectivity index (χ4v) is 8.25. The van der Waals surface area contributed by atoms with Crippen LogP contribution in [0.2, 0.25) is 0 Å². The Kier molecular flexibility index (Phi) is 9.48. The lowest BCUT2D eigenvalue weighted by molar-refractivity contribution is -0.134. The summed E-state index contributed by atoms with van der Waals surface area (Å²) < 4.78 is 39.5. The lowest BCUT2D eigenvalue weighted by Gasteiger charge is -2.53. The number of nitrogens with one attached hydrogen (secondary N) is 2. The van der Waals surface area contributed by atoms with Gasteiger partial charge in [0.1, 0.15) is 47.2 Å². The minimum Gasteiger partial charge on any atom is -0.457 e. The summed E-state index contributed by atoms with van der Waals surface area (Å²) in [5, 5.41) is 10.3. The van der Waals surface area contributed by atoms with Gasteiger partial charge in [0.2, 0.25) is 11.8 Å². The van der Waals surface area contributed by atoms with Gasteiger partial charge in [0.15, 0.2) is 11.3 Å². The summed E-state index contributed by atoms with van der Waals surface area (Å²) in [5.41, 5.74) is 7.61. The van der Waals surface area contributed by atoms with E-state index in [-0.39, 0.29) is 62.5 Å². The first-order valence-electron chi connectivity index (χ1n) is 19.1. The first kappa shape index (κ1) is 36.6. The molecule has 57 heavy (non-hydrogen) atoms. The average Bonchev–Trinajstić information content (AvgIpc) is 3.57. The number of ether oxygens (including phenoxy) is 1. The number of fused-ring (bicyclic) bond motifs is 1. The number of alkyl halides is 2. The maximum Gasteiger partial charge on any atom is 0.270 e. The molecule has 4 saturated heterocycles. The molecule has 3 amide bonds. The molecule has 15 nitrogen and oxygen atoms in total. The molecule has 3 aromatic heterocycles. The highest BCUT2D eigenvalue weighted by molar-refractivity contribution is 6.03. The van der Waals surface area contributed by atoms with Crippen molar-refractivity contribution in [1.29, 1.82) is 0 Å². The molecular weight excluding hydrogens is 737 g/mol. The molecule has 0 saturated carbocycles. The maximum atomic E-state index is 16.1. The van der Waals surface area contributed by atoms with Gasteiger partial charge in [0.05, 0.1) is 36.4 Å². The highest BCUT2D eigenvalue weighted by Gasteiger charge is 2.48. The molecule has 4 aliphatic heterocycles. The van der Waals surface area contributed by atoms with Crippen molar-refractivity contribution in [3.05, 3.63) is 84.9 Å². The normalized spacial score (nSPS) is 22.8. The van der Waals surface area contributed by atoms with Crippen LogP contribution in [0.4, 0.5) is 20.3 Å². The molecule has 0 spiro atoms. The number of nitrogens with zero attached hydrogens (tertiary/aromatic N) is 8. The van der Waals surface area contributed by atoms with Gasteiger partial charge in [-0.05, 0) is 61.4 Å². The van der Waals surface area contributed by atoms with E-state index in [4.69, 9.17) is 15.6 Å². The summed E-state index contributed by atoms with van der Waals surface area (Å²) in [7, 11) is 0. The van der Waals surface area contributed by atoms with Crippen molar-refractivity contribution in [2.75, 3.05) is 56.4 Å². The number of para-hydroxylation sites is 1. The molecule has 4 N–H and O–H groups in total. The minimum atomic E-state index is -1.40. The van der Waals surface area contributed by atoms with Crippen molar-refractivity contribution < 1.29 is 27.9 Å². The van der Waals surface area contributed by atoms with Crippen molar-refractivity contribution in [2.45, 2.75) is 49.2 Å². The van der Waals surface area contributed by atoms with Crippen LogP contribution in [0.1, 0.15) is 35.8 Å². The Morgan fingerprint density at radius 1 is 0.965 bits per heavy atom. The Morgan fingerprint density at radius 3 is 2.46 bits per heavy atom. The van der Waals surface area contributed by atoms with E-state index in [9.17, 15) is 14.4 Å². The molecule has 17 heteroatoms. The third kappa shape index (κ3) is 7.35. The highest BCUT2D eigenvalue weighted by atomic mass is 19.1. The number of rotatable bonds is 10. The predicted octanol–water partition coefficient (Wildman–Crippen LogP) is 3.30. The van der Waals surface area contributed by atoms with Crippen LogP contribution in [0.3, 0.4) is 0 Å². The van der Waals surface area contributed by atoms with Crippen molar-refractivity contribution >= 4 is 40.3 Å². The van der Waals surface area contributed by atoms with Crippen molar-refractivity contribution in [1.82, 2.24) is 45.2 Å². The molecule has 7 heterocycles. The molecule has 4 fully saturated rings. The fourth-order valence-electron chi connectivity index (χ4n) is 8.25. The number of hydrogen-bond donors (Lipinski definition) is 3. The second-order valence-electron chi connectivity index (χ2n) is 15.3. The van der Waals surface area contributed by atoms with Gasteiger partial charge in [-0.25, -0.2) is 28.4 Å². The minimum absolute atomic E-state index is 0.125. The van der Waals surface area contributed by atoms with Crippen LogP contribution in [-0.2, 0) is 9.59 Å². The van der Waals surface area contributed by atoms with Crippen molar-refractivity contribution in [3.8, 4) is 22.8 Å². The lowest BCUT2D eigenvalue weighted by Crippen LogP contribution is -2.69. The zero-order valence-corrected chi connectivity index (χ0v) is 30.9. The van der Waals surface area contributed by atoms with Gasteiger partial charge < -0.3 is 20.7 Å². The molecule has 294 valence electrons. The standard InChI is InChI=1S/C40H41F2N11O4/c41-29-19-51(15-14-32(29)53-37-34(36(43)45-23-46-37)35(49-53)24-6-9-28(10-7-24)57-27-4-2-1-3-5-27)26-17-50(18-26)20-40(42)21-52(22-40)25-8-11-30(44-16-25)38(55)47-31-12-13-33(54)48-39(31)56/h1-11,16,23,26,29,31-32H,12-15,17-22H2,(H,47,55)(H2,43,45,46)(H,48,54,56)/t29-,31?,32+/m1/s1. The number of carbonyl (C=O) groups excluding carboxylic acids is 3. The third-order valence-corrected chi connectivity index (χ3v) is 11.3. The van der Waals surface area contributed by atoms with Crippen LogP contribution in [-0.4, -0.2) is 122 Å². The molecule has 0 aliphatic carbocycles. The number of amides is 3. The number of likely N-dealkylation sites (tertiary alicyclic amines) is 2. The average molecular weight is 778 g/mol. The van der Waals surface area contributed by atoms with Crippen molar-refractivity contribution in [3.63, 3.8) is 0 Å². The van der Waals surface area contributed by atoms with Crippen molar-refractivity contribution in [2.24, 2.45) is 0 Å². The molecule has 0 bridgehead atoms. The number of nitrogen functional groups attached to an aromatic ring is 1. The smallest absolute Gasteiger partial charge is 0.270 e. The number of halogens is 2. The van der Waals surface area contributed by atoms with Gasteiger partial charge in [0.25, 0.3) is 5.91 Å². The Morgan fingerprint density at radius 2 is 1.74 bits per heavy atom. The summed E-state index contributed by atoms with van der Waals surface area (Å²) in [4.78, 5) is 55.0. The van der Waals surface area contributed by atoms with Gasteiger partial charge in [-0.1, -0.05) is 18.2 Å². The number of hydrogen-bond acceptors (Lipinski definition) is 12. The molecule has 4 aliphatic rings. The number of aromatic nitrogens is 5. The molecular formula is C40H41F2N11O4. The Hall–Kier alpha value is -6.07. The van der Waals surface area contributed by atoms with Crippen LogP contribution < -0.4 is 26.0 Å². The monoisotopic (exact) mass is 777 g/mol. The van der Waals surface area contributed by atoms with E-state index in [0.29, 0.717) is 54.2 Å². The zero-order chi connectivity index (χ0) is 39.3.